The van der Waals surface area contributed by atoms with Crippen molar-refractivity contribution in [2.24, 2.45) is 0 Å². The summed E-state index contributed by atoms with van der Waals surface area (Å²) in [5, 5.41) is 23.1. The summed E-state index contributed by atoms with van der Waals surface area (Å²) in [5.41, 5.74) is -0.911. The maximum Gasteiger partial charge on any atom is 0.481 e. The second kappa shape index (κ2) is 20.7. The number of amides is 1. The molecule has 1 unspecified atom stereocenters. The number of carbonyl (C=O) groups is 1. The maximum atomic E-state index is 12.6. The Labute approximate surface area is 264 Å². The van der Waals surface area contributed by atoms with Gasteiger partial charge in [-0.15, -0.1) is 0 Å². The van der Waals surface area contributed by atoms with Gasteiger partial charge in [0.25, 0.3) is 0 Å². The first-order valence-corrected chi connectivity index (χ1v) is 19.0. The van der Waals surface area contributed by atoms with E-state index in [0.717, 1.165) is 23.8 Å². The molecule has 2 heterocycles. The highest BCUT2D eigenvalue weighted by Crippen LogP contribution is 2.57. The number of phosphoric ester groups is 1. The molecular weight excluding hydrogens is 632 g/mol. The van der Waals surface area contributed by atoms with Gasteiger partial charge in [0.15, 0.2) is 6.23 Å². The lowest BCUT2D eigenvalue weighted by molar-refractivity contribution is -0.116. The van der Waals surface area contributed by atoms with Gasteiger partial charge in [-0.2, -0.15) is 9.29 Å². The molecule has 1 aliphatic rings. The molecule has 1 amide bonds. The molecular formula is C28H51N3O12P2. The van der Waals surface area contributed by atoms with Crippen molar-refractivity contribution in [1.29, 1.82) is 0 Å². The molecule has 15 nitrogen and oxygen atoms in total. The minimum absolute atomic E-state index is 0.00136. The van der Waals surface area contributed by atoms with Crippen LogP contribution in [0.3, 0.4) is 0 Å². The molecule has 45 heavy (non-hydrogen) atoms. The van der Waals surface area contributed by atoms with Crippen molar-refractivity contribution in [2.45, 2.75) is 141 Å². The second-order valence-corrected chi connectivity index (χ2v) is 14.3. The third kappa shape index (κ3) is 16.2. The van der Waals surface area contributed by atoms with Crippen molar-refractivity contribution in [3.63, 3.8) is 0 Å². The van der Waals surface area contributed by atoms with E-state index in [-0.39, 0.29) is 18.1 Å². The van der Waals surface area contributed by atoms with Crippen LogP contribution in [0.2, 0.25) is 0 Å². The second-order valence-electron chi connectivity index (χ2n) is 11.5. The highest BCUT2D eigenvalue weighted by Gasteiger charge is 2.45. The number of phosphoric acid groups is 2. The third-order valence-corrected chi connectivity index (χ3v) is 9.73. The zero-order valence-electron chi connectivity index (χ0n) is 26.1. The van der Waals surface area contributed by atoms with Crippen molar-refractivity contribution < 1.29 is 52.4 Å². The van der Waals surface area contributed by atoms with Gasteiger partial charge in [-0.3, -0.25) is 13.9 Å². The van der Waals surface area contributed by atoms with E-state index in [9.17, 15) is 33.8 Å². The molecule has 6 N–H and O–H groups in total. The quantitative estimate of drug-likeness (QED) is 0.0643. The minimum Gasteiger partial charge on any atom is -0.387 e. The molecule has 0 spiro atoms. The predicted molar refractivity (Wildman–Crippen MR) is 166 cm³/mol. The van der Waals surface area contributed by atoms with Gasteiger partial charge in [0, 0.05) is 12.6 Å². The molecule has 0 aliphatic carbocycles. The fourth-order valence-corrected chi connectivity index (χ4v) is 6.74. The summed E-state index contributed by atoms with van der Waals surface area (Å²) in [6.45, 7) is 1.34. The first-order valence-electron chi connectivity index (χ1n) is 16.0. The number of hydrogen-bond acceptors (Lipinski definition) is 10. The summed E-state index contributed by atoms with van der Waals surface area (Å²) < 4.78 is 36.7. The normalized spacial score (nSPS) is 21.6. The first-order chi connectivity index (χ1) is 21.3. The number of aromatic nitrogens is 2. The summed E-state index contributed by atoms with van der Waals surface area (Å²) in [6, 6.07) is 1.31. The number of aliphatic hydroxyl groups excluding tert-OH is 2. The average Bonchev–Trinajstić information content (AvgIpc) is 3.23. The van der Waals surface area contributed by atoms with E-state index < -0.39 is 52.5 Å². The Morgan fingerprint density at radius 1 is 0.889 bits per heavy atom. The Morgan fingerprint density at radius 2 is 1.40 bits per heavy atom. The smallest absolute Gasteiger partial charge is 0.387 e. The summed E-state index contributed by atoms with van der Waals surface area (Å²) in [7, 11) is -10.6. The van der Waals surface area contributed by atoms with Crippen LogP contribution in [0.5, 0.6) is 0 Å². The number of rotatable bonds is 24. The van der Waals surface area contributed by atoms with Crippen molar-refractivity contribution in [3.05, 3.63) is 22.7 Å². The number of unbranched alkanes of at least 4 members (excludes halogenated alkanes) is 15. The van der Waals surface area contributed by atoms with Crippen LogP contribution in [0.4, 0.5) is 5.82 Å². The molecule has 0 bridgehead atoms. The zero-order chi connectivity index (χ0) is 33.3. The molecule has 1 aliphatic heterocycles. The lowest BCUT2D eigenvalue weighted by Crippen LogP contribution is -2.36. The van der Waals surface area contributed by atoms with E-state index in [1.54, 1.807) is 0 Å². The van der Waals surface area contributed by atoms with Crippen LogP contribution in [0.1, 0.15) is 122 Å². The average molecular weight is 684 g/mol. The number of carbonyl (C=O) groups excluding carboxylic acids is 1. The van der Waals surface area contributed by atoms with Crippen LogP contribution in [-0.2, 0) is 27.5 Å². The number of ether oxygens (including phenoxy) is 1. The standard InChI is InChI=1S/C28H51N3O12P2/c1-2-3-4-5-6-7-8-9-10-11-12-13-14-15-16-17-18-24(32)29-23-19-20-31(28(35)30-23)27-26(34)25(33)22(42-27)21-41-45(39,40)43-44(36,37)38/h19-20,22,25-27,33-34H,2-18,21H2,1H3,(H,39,40)(H2,36,37,38)(H,29,30,32,35)/t22-,25-,26-,27-/m1/s1. The van der Waals surface area contributed by atoms with Gasteiger partial charge < -0.3 is 34.9 Å². The predicted octanol–water partition coefficient (Wildman–Crippen LogP) is 4.68. The number of hydrogen-bond donors (Lipinski definition) is 6. The number of aliphatic hydroxyl groups is 2. The Bertz CT molecular complexity index is 1160. The topological polar surface area (TPSA) is 227 Å². The first kappa shape index (κ1) is 39.7. The van der Waals surface area contributed by atoms with Crippen LogP contribution in [0, 0.1) is 0 Å². The van der Waals surface area contributed by atoms with Crippen LogP contribution in [0.25, 0.3) is 0 Å². The van der Waals surface area contributed by atoms with Crippen LogP contribution < -0.4 is 11.0 Å². The van der Waals surface area contributed by atoms with Crippen molar-refractivity contribution in [1.82, 2.24) is 9.55 Å². The molecule has 1 aromatic heterocycles. The van der Waals surface area contributed by atoms with E-state index in [1.165, 1.54) is 89.3 Å². The molecule has 1 saturated heterocycles. The molecule has 17 heteroatoms. The molecule has 260 valence electrons. The largest absolute Gasteiger partial charge is 0.481 e. The highest BCUT2D eigenvalue weighted by atomic mass is 31.3. The summed E-state index contributed by atoms with van der Waals surface area (Å²) in [4.78, 5) is 55.4. The highest BCUT2D eigenvalue weighted by molar-refractivity contribution is 7.60. The minimum atomic E-state index is -5.35. The van der Waals surface area contributed by atoms with Crippen molar-refractivity contribution in [2.75, 3.05) is 11.9 Å². The zero-order valence-corrected chi connectivity index (χ0v) is 27.9. The van der Waals surface area contributed by atoms with E-state index in [0.29, 0.717) is 6.42 Å². The van der Waals surface area contributed by atoms with E-state index in [1.807, 2.05) is 0 Å². The molecule has 1 fully saturated rings. The van der Waals surface area contributed by atoms with Crippen LogP contribution >= 0.6 is 15.6 Å². The fraction of sp³-hybridized carbons (Fsp3) is 0.821. The Balaban J connectivity index is 1.62. The Hall–Kier alpha value is -1.51. The summed E-state index contributed by atoms with van der Waals surface area (Å²) in [5.74, 6) is -0.290. The lowest BCUT2D eigenvalue weighted by Gasteiger charge is -2.18. The fourth-order valence-electron chi connectivity index (χ4n) is 5.14. The van der Waals surface area contributed by atoms with E-state index >= 15 is 0 Å². The van der Waals surface area contributed by atoms with Gasteiger partial charge in [-0.1, -0.05) is 103 Å². The molecule has 0 saturated carbocycles. The Morgan fingerprint density at radius 3 is 1.89 bits per heavy atom. The summed E-state index contributed by atoms with van der Waals surface area (Å²) in [6.07, 6.45) is 14.9. The molecule has 5 atom stereocenters. The summed E-state index contributed by atoms with van der Waals surface area (Å²) >= 11 is 0. The van der Waals surface area contributed by atoms with Gasteiger partial charge in [0.1, 0.15) is 24.1 Å². The monoisotopic (exact) mass is 683 g/mol. The van der Waals surface area contributed by atoms with Gasteiger partial charge in [-0.25, -0.2) is 13.9 Å². The van der Waals surface area contributed by atoms with Gasteiger partial charge in [0.2, 0.25) is 5.91 Å². The van der Waals surface area contributed by atoms with E-state index in [4.69, 9.17) is 14.5 Å². The number of anilines is 1. The van der Waals surface area contributed by atoms with Gasteiger partial charge >= 0.3 is 21.3 Å². The lowest BCUT2D eigenvalue weighted by atomic mass is 10.0. The molecule has 0 aromatic carbocycles. The maximum absolute atomic E-state index is 12.6. The van der Waals surface area contributed by atoms with Crippen molar-refractivity contribution in [3.8, 4) is 0 Å². The van der Waals surface area contributed by atoms with Gasteiger partial charge in [0.05, 0.1) is 6.61 Å². The van der Waals surface area contributed by atoms with Gasteiger partial charge in [-0.05, 0) is 12.5 Å². The van der Waals surface area contributed by atoms with Crippen LogP contribution in [0.15, 0.2) is 17.1 Å². The third-order valence-electron chi connectivity index (χ3n) is 7.58. The van der Waals surface area contributed by atoms with Crippen LogP contribution in [-0.4, -0.2) is 65.3 Å². The van der Waals surface area contributed by atoms with E-state index in [2.05, 4.69) is 26.1 Å². The molecule has 0 radical (unpaired) electrons. The Kier molecular flexibility index (Phi) is 18.2. The number of nitrogens with one attached hydrogen (secondary N) is 1. The molecule has 1 aromatic rings. The number of nitrogens with zero attached hydrogens (tertiary/aromatic N) is 2. The van der Waals surface area contributed by atoms with Crippen molar-refractivity contribution >= 4 is 27.4 Å². The SMILES string of the molecule is CCCCCCCCCCCCCCCCCCC(=O)Nc1ccn([C@@H]2O[C@H](COP(=O)(O)OP(=O)(O)O)[C@@H](O)[C@H]2O)c(=O)n1. The molecule has 2 rings (SSSR count).